The highest BCUT2D eigenvalue weighted by atomic mass is 127. The summed E-state index contributed by atoms with van der Waals surface area (Å²) in [7, 11) is 3.77. The molecule has 1 saturated heterocycles. The van der Waals surface area contributed by atoms with Gasteiger partial charge in [-0.25, -0.2) is 0 Å². The highest BCUT2D eigenvalue weighted by molar-refractivity contribution is 14.0. The van der Waals surface area contributed by atoms with Crippen LogP contribution >= 0.6 is 24.0 Å². The number of nitrogens with zero attached hydrogens (tertiary/aromatic N) is 4. The van der Waals surface area contributed by atoms with Crippen LogP contribution in [-0.4, -0.2) is 53.9 Å². The molecule has 2 heterocycles. The number of hydrogen-bond donors (Lipinski definition) is 1. The van der Waals surface area contributed by atoms with E-state index in [1.54, 1.807) is 0 Å². The second-order valence-electron chi connectivity index (χ2n) is 7.04. The van der Waals surface area contributed by atoms with E-state index in [0.717, 1.165) is 37.6 Å². The van der Waals surface area contributed by atoms with Crippen molar-refractivity contribution >= 4 is 29.9 Å². The molecule has 1 fully saturated rings. The Morgan fingerprint density at radius 3 is 2.78 bits per heavy atom. The van der Waals surface area contributed by atoms with Crippen LogP contribution in [0.3, 0.4) is 0 Å². The maximum Gasteiger partial charge on any atom is 0.193 e. The molecule has 6 nitrogen and oxygen atoms in total. The zero-order valence-corrected chi connectivity index (χ0v) is 17.2. The Morgan fingerprint density at radius 2 is 2.22 bits per heavy atom. The largest absolute Gasteiger partial charge is 0.370 e. The Hall–Kier alpha value is -0.830. The summed E-state index contributed by atoms with van der Waals surface area (Å²) >= 11 is 0. The Bertz CT molecular complexity index is 509. The Labute approximate surface area is 156 Å². The number of morpholine rings is 1. The summed E-state index contributed by atoms with van der Waals surface area (Å²) in [6.45, 7) is 10.1. The van der Waals surface area contributed by atoms with Crippen LogP contribution in [0.4, 0.5) is 0 Å². The van der Waals surface area contributed by atoms with Gasteiger partial charge in [0.1, 0.15) is 6.10 Å². The minimum absolute atomic E-state index is 0. The smallest absolute Gasteiger partial charge is 0.193 e. The van der Waals surface area contributed by atoms with Crippen molar-refractivity contribution < 1.29 is 4.74 Å². The Morgan fingerprint density at radius 1 is 1.48 bits per heavy atom. The minimum Gasteiger partial charge on any atom is -0.370 e. The minimum atomic E-state index is 0. The zero-order valence-electron chi connectivity index (χ0n) is 14.9. The van der Waals surface area contributed by atoms with Crippen LogP contribution < -0.4 is 5.32 Å². The van der Waals surface area contributed by atoms with E-state index < -0.39 is 0 Å². The van der Waals surface area contributed by atoms with E-state index in [-0.39, 0.29) is 30.1 Å². The van der Waals surface area contributed by atoms with Crippen molar-refractivity contribution in [3.05, 3.63) is 18.0 Å². The lowest BCUT2D eigenvalue weighted by Crippen LogP contribution is -2.48. The van der Waals surface area contributed by atoms with Gasteiger partial charge in [0.2, 0.25) is 0 Å². The van der Waals surface area contributed by atoms with E-state index in [1.165, 1.54) is 0 Å². The second-order valence-corrected chi connectivity index (χ2v) is 7.04. The molecule has 0 amide bonds. The highest BCUT2D eigenvalue weighted by Crippen LogP contribution is 2.22. The van der Waals surface area contributed by atoms with Crippen LogP contribution in [0.25, 0.3) is 0 Å². The quantitative estimate of drug-likeness (QED) is 0.450. The molecule has 1 N–H and O–H groups in total. The number of aryl methyl sites for hydroxylation is 1. The third-order valence-corrected chi connectivity index (χ3v) is 3.83. The van der Waals surface area contributed by atoms with Gasteiger partial charge in [0.15, 0.2) is 5.96 Å². The summed E-state index contributed by atoms with van der Waals surface area (Å²) in [6, 6.07) is 0. The molecule has 23 heavy (non-hydrogen) atoms. The van der Waals surface area contributed by atoms with Gasteiger partial charge in [-0.2, -0.15) is 5.10 Å². The average molecular weight is 435 g/mol. The number of ether oxygens (including phenoxy) is 1. The summed E-state index contributed by atoms with van der Waals surface area (Å²) in [5, 5.41) is 7.70. The number of guanidine groups is 1. The highest BCUT2D eigenvalue weighted by Gasteiger charge is 2.25. The molecular formula is C16H30IN5O. The van der Waals surface area contributed by atoms with E-state index in [2.05, 4.69) is 41.1 Å². The fraction of sp³-hybridized carbons (Fsp3) is 0.750. The van der Waals surface area contributed by atoms with Gasteiger partial charge in [0, 0.05) is 38.9 Å². The lowest BCUT2D eigenvalue weighted by Gasteiger charge is -2.35. The van der Waals surface area contributed by atoms with Gasteiger partial charge in [-0.05, 0) is 11.8 Å². The molecular weight excluding hydrogens is 405 g/mol. The van der Waals surface area contributed by atoms with E-state index >= 15 is 0 Å². The molecule has 2 rings (SSSR count). The van der Waals surface area contributed by atoms with Crippen molar-refractivity contribution in [3.63, 3.8) is 0 Å². The van der Waals surface area contributed by atoms with Gasteiger partial charge in [-0.15, -0.1) is 24.0 Å². The topological polar surface area (TPSA) is 54.7 Å². The first-order valence-electron chi connectivity index (χ1n) is 7.95. The molecule has 1 aliphatic heterocycles. The first-order chi connectivity index (χ1) is 10.4. The summed E-state index contributed by atoms with van der Waals surface area (Å²) in [6.07, 6.45) is 5.07. The molecule has 0 radical (unpaired) electrons. The number of hydrogen-bond acceptors (Lipinski definition) is 3. The number of rotatable bonds is 3. The molecule has 0 saturated carbocycles. The fourth-order valence-electron chi connectivity index (χ4n) is 2.53. The van der Waals surface area contributed by atoms with Crippen LogP contribution in [0.2, 0.25) is 0 Å². The summed E-state index contributed by atoms with van der Waals surface area (Å²) in [5.74, 6) is 0.960. The average Bonchev–Trinajstić information content (AvgIpc) is 2.89. The van der Waals surface area contributed by atoms with E-state index in [4.69, 9.17) is 4.74 Å². The van der Waals surface area contributed by atoms with E-state index in [9.17, 15) is 0 Å². The lowest BCUT2D eigenvalue weighted by molar-refractivity contribution is -0.00805. The molecule has 1 unspecified atom stereocenters. The summed E-state index contributed by atoms with van der Waals surface area (Å²) in [5.41, 5.74) is 1.45. The Kier molecular flexibility index (Phi) is 7.79. The van der Waals surface area contributed by atoms with Crippen molar-refractivity contribution in [1.29, 1.82) is 0 Å². The van der Waals surface area contributed by atoms with E-state index in [0.29, 0.717) is 12.0 Å². The predicted octanol–water partition coefficient (Wildman–Crippen LogP) is 2.42. The van der Waals surface area contributed by atoms with E-state index in [1.807, 2.05) is 31.2 Å². The lowest BCUT2D eigenvalue weighted by atomic mass is 9.92. The van der Waals surface area contributed by atoms with Crippen LogP contribution in [0, 0.1) is 5.41 Å². The van der Waals surface area contributed by atoms with Crippen LogP contribution in [0.15, 0.2) is 17.4 Å². The van der Waals surface area contributed by atoms with Crippen molar-refractivity contribution in [3.8, 4) is 0 Å². The molecule has 7 heteroatoms. The predicted molar refractivity (Wildman–Crippen MR) is 104 cm³/mol. The fourth-order valence-corrected chi connectivity index (χ4v) is 2.53. The maximum atomic E-state index is 5.88. The van der Waals surface area contributed by atoms with Gasteiger partial charge >= 0.3 is 0 Å². The van der Waals surface area contributed by atoms with Crippen molar-refractivity contribution in [2.24, 2.45) is 17.5 Å². The molecule has 1 aliphatic rings. The SMILES string of the molecule is CN=C(NCCC(C)(C)C)N1CCOC(c2cnn(C)c2)C1.I. The maximum absolute atomic E-state index is 5.88. The standard InChI is InChI=1S/C16H29N5O.HI/c1-16(2,3)6-7-18-15(17-4)21-8-9-22-14(12-21)13-10-19-20(5)11-13;/h10-11,14H,6-9,12H2,1-5H3,(H,17,18);1H. The number of nitrogens with one attached hydrogen (secondary N) is 1. The van der Waals surface area contributed by atoms with Crippen molar-refractivity contribution in [1.82, 2.24) is 20.0 Å². The van der Waals surface area contributed by atoms with Crippen LogP contribution in [0.1, 0.15) is 38.9 Å². The summed E-state index contributed by atoms with van der Waals surface area (Å²) < 4.78 is 7.70. The molecule has 1 atom stereocenters. The molecule has 0 aromatic carbocycles. The first kappa shape index (κ1) is 20.2. The van der Waals surface area contributed by atoms with Crippen LogP contribution in [-0.2, 0) is 11.8 Å². The summed E-state index contributed by atoms with van der Waals surface area (Å²) in [4.78, 5) is 6.69. The molecule has 1 aromatic rings. The normalized spacial score (nSPS) is 19.4. The third-order valence-electron chi connectivity index (χ3n) is 3.83. The number of aliphatic imine (C=N–C) groups is 1. The van der Waals surface area contributed by atoms with Gasteiger partial charge in [0.25, 0.3) is 0 Å². The molecule has 132 valence electrons. The van der Waals surface area contributed by atoms with Gasteiger partial charge in [-0.3, -0.25) is 9.67 Å². The third kappa shape index (κ3) is 6.29. The van der Waals surface area contributed by atoms with Gasteiger partial charge in [-0.1, -0.05) is 20.8 Å². The van der Waals surface area contributed by atoms with Crippen molar-refractivity contribution in [2.75, 3.05) is 33.3 Å². The Balaban J connectivity index is 0.00000264. The van der Waals surface area contributed by atoms with Crippen LogP contribution in [0.5, 0.6) is 0 Å². The molecule has 0 bridgehead atoms. The molecule has 1 aromatic heterocycles. The van der Waals surface area contributed by atoms with Gasteiger partial charge in [0.05, 0.1) is 19.3 Å². The first-order valence-corrected chi connectivity index (χ1v) is 7.95. The number of halogens is 1. The van der Waals surface area contributed by atoms with Crippen molar-refractivity contribution in [2.45, 2.75) is 33.3 Å². The monoisotopic (exact) mass is 435 g/mol. The van der Waals surface area contributed by atoms with Gasteiger partial charge < -0.3 is 15.0 Å². The second kappa shape index (κ2) is 8.86. The molecule has 0 aliphatic carbocycles. The zero-order chi connectivity index (χ0) is 16.2. The number of aromatic nitrogens is 2. The molecule has 0 spiro atoms.